The molecule has 66 valence electrons. The van der Waals surface area contributed by atoms with Crippen LogP contribution in [0.2, 0.25) is 0 Å². The average molecular weight is 176 g/mol. The molecular weight excluding hydrogens is 168 g/mol. The second-order valence-corrected chi connectivity index (χ2v) is 2.45. The van der Waals surface area contributed by atoms with Gasteiger partial charge in [0.25, 0.3) is 0 Å². The van der Waals surface area contributed by atoms with Gasteiger partial charge in [0.2, 0.25) is 5.88 Å². The number of nitrogens with zero attached hydrogens (tertiary/aromatic N) is 3. The van der Waals surface area contributed by atoms with Crippen LogP contribution in [0, 0.1) is 0 Å². The molecule has 5 nitrogen and oxygen atoms in total. The van der Waals surface area contributed by atoms with Crippen molar-refractivity contribution in [1.29, 1.82) is 0 Å². The van der Waals surface area contributed by atoms with Crippen molar-refractivity contribution < 1.29 is 4.74 Å². The van der Waals surface area contributed by atoms with Gasteiger partial charge in [-0.1, -0.05) is 5.21 Å². The molecule has 2 aromatic rings. The van der Waals surface area contributed by atoms with Crippen LogP contribution < -0.4 is 4.74 Å². The molecule has 0 aliphatic rings. The normalized spacial score (nSPS) is 9.92. The van der Waals surface area contributed by atoms with E-state index in [4.69, 9.17) is 4.74 Å². The molecule has 0 fully saturated rings. The van der Waals surface area contributed by atoms with Gasteiger partial charge in [0.1, 0.15) is 5.69 Å². The van der Waals surface area contributed by atoms with Crippen LogP contribution in [0.4, 0.5) is 0 Å². The number of hydrogen-bond acceptors (Lipinski definition) is 4. The maximum absolute atomic E-state index is 4.93. The lowest BCUT2D eigenvalue weighted by Gasteiger charge is -1.98. The van der Waals surface area contributed by atoms with Gasteiger partial charge in [-0.15, -0.1) is 5.10 Å². The summed E-state index contributed by atoms with van der Waals surface area (Å²) in [5.74, 6) is 0.590. The van der Waals surface area contributed by atoms with Crippen molar-refractivity contribution in [3.05, 3.63) is 24.5 Å². The molecule has 0 aliphatic heterocycles. The third-order valence-electron chi connectivity index (χ3n) is 1.66. The van der Waals surface area contributed by atoms with Crippen LogP contribution in [0.3, 0.4) is 0 Å². The maximum atomic E-state index is 4.93. The average Bonchev–Trinajstić information content (AvgIpc) is 2.71. The molecule has 5 heteroatoms. The van der Waals surface area contributed by atoms with Gasteiger partial charge in [0.05, 0.1) is 13.3 Å². The van der Waals surface area contributed by atoms with E-state index in [9.17, 15) is 0 Å². The molecule has 2 rings (SSSR count). The Morgan fingerprint density at radius 2 is 2.31 bits per heavy atom. The van der Waals surface area contributed by atoms with Crippen LogP contribution in [0.25, 0.3) is 11.3 Å². The summed E-state index contributed by atoms with van der Waals surface area (Å²) >= 11 is 0. The minimum absolute atomic E-state index is 0.590. The van der Waals surface area contributed by atoms with Crippen LogP contribution in [-0.2, 0) is 0 Å². The zero-order valence-corrected chi connectivity index (χ0v) is 7.06. The van der Waals surface area contributed by atoms with Crippen LogP contribution in [-0.4, -0.2) is 27.5 Å². The molecule has 13 heavy (non-hydrogen) atoms. The highest BCUT2D eigenvalue weighted by atomic mass is 16.5. The quantitative estimate of drug-likeness (QED) is 0.737. The summed E-state index contributed by atoms with van der Waals surface area (Å²) < 4.78 is 4.93. The van der Waals surface area contributed by atoms with Gasteiger partial charge in [-0.3, -0.25) is 5.10 Å². The molecule has 0 aliphatic carbocycles. The van der Waals surface area contributed by atoms with E-state index in [1.807, 2.05) is 6.07 Å². The van der Waals surface area contributed by atoms with E-state index < -0.39 is 0 Å². The third kappa shape index (κ3) is 1.48. The Labute approximate surface area is 74.8 Å². The van der Waals surface area contributed by atoms with Gasteiger partial charge in [0, 0.05) is 17.8 Å². The standard InChI is InChI=1S/C8H8N4O/c1-13-8-3-2-6(4-9-8)7-5-10-12-11-7/h2-5H,1H3,(H,10,11,12). The Balaban J connectivity index is 2.33. The number of rotatable bonds is 2. The van der Waals surface area contributed by atoms with Crippen molar-refractivity contribution >= 4 is 0 Å². The Morgan fingerprint density at radius 1 is 1.38 bits per heavy atom. The summed E-state index contributed by atoms with van der Waals surface area (Å²) in [7, 11) is 1.58. The summed E-state index contributed by atoms with van der Waals surface area (Å²) in [4.78, 5) is 4.05. The fraction of sp³-hybridized carbons (Fsp3) is 0.125. The lowest BCUT2D eigenvalue weighted by molar-refractivity contribution is 0.398. The zero-order valence-electron chi connectivity index (χ0n) is 7.06. The molecule has 0 saturated heterocycles. The molecule has 0 saturated carbocycles. The maximum Gasteiger partial charge on any atom is 0.212 e. The van der Waals surface area contributed by atoms with Gasteiger partial charge in [-0.25, -0.2) is 4.98 Å². The summed E-state index contributed by atoms with van der Waals surface area (Å²) in [5, 5.41) is 10.1. The van der Waals surface area contributed by atoms with Crippen molar-refractivity contribution in [2.24, 2.45) is 0 Å². The van der Waals surface area contributed by atoms with Crippen LogP contribution in [0.15, 0.2) is 24.5 Å². The number of nitrogens with one attached hydrogen (secondary N) is 1. The topological polar surface area (TPSA) is 63.7 Å². The summed E-state index contributed by atoms with van der Waals surface area (Å²) in [5.41, 5.74) is 1.68. The predicted octanol–water partition coefficient (Wildman–Crippen LogP) is 0.875. The first kappa shape index (κ1) is 7.72. The smallest absolute Gasteiger partial charge is 0.212 e. The molecule has 0 spiro atoms. The highest BCUT2D eigenvalue weighted by molar-refractivity contribution is 5.56. The van der Waals surface area contributed by atoms with Crippen LogP contribution in [0.1, 0.15) is 0 Å². The predicted molar refractivity (Wildman–Crippen MR) is 46.2 cm³/mol. The molecule has 0 amide bonds. The van der Waals surface area contributed by atoms with Crippen molar-refractivity contribution in [1.82, 2.24) is 20.4 Å². The van der Waals surface area contributed by atoms with Crippen LogP contribution >= 0.6 is 0 Å². The molecule has 0 atom stereocenters. The summed E-state index contributed by atoms with van der Waals surface area (Å²) in [6.07, 6.45) is 3.40. The number of hydrogen-bond donors (Lipinski definition) is 1. The van der Waals surface area contributed by atoms with Gasteiger partial charge in [0.15, 0.2) is 0 Å². The minimum Gasteiger partial charge on any atom is -0.481 e. The van der Waals surface area contributed by atoms with Crippen molar-refractivity contribution in [2.45, 2.75) is 0 Å². The first-order chi connectivity index (χ1) is 6.40. The molecule has 0 unspecified atom stereocenters. The number of methoxy groups -OCH3 is 1. The number of pyridine rings is 1. The fourth-order valence-corrected chi connectivity index (χ4v) is 0.995. The summed E-state index contributed by atoms with van der Waals surface area (Å²) in [6.45, 7) is 0. The SMILES string of the molecule is COc1ccc(-c2c[nH]nn2)cn1. The fourth-order valence-electron chi connectivity index (χ4n) is 0.995. The molecule has 2 heterocycles. The van der Waals surface area contributed by atoms with Crippen LogP contribution in [0.5, 0.6) is 5.88 Å². The van der Waals surface area contributed by atoms with Crippen molar-refractivity contribution in [3.8, 4) is 17.1 Å². The second kappa shape index (κ2) is 3.22. The minimum atomic E-state index is 0.590. The molecular formula is C8H8N4O. The Bertz CT molecular complexity index is 368. The Hall–Kier alpha value is -1.91. The first-order valence-corrected chi connectivity index (χ1v) is 3.77. The lowest BCUT2D eigenvalue weighted by Crippen LogP contribution is -1.87. The molecule has 0 radical (unpaired) electrons. The Morgan fingerprint density at radius 3 is 2.85 bits per heavy atom. The monoisotopic (exact) mass is 176 g/mol. The van der Waals surface area contributed by atoms with Crippen molar-refractivity contribution in [2.75, 3.05) is 7.11 Å². The number of ether oxygens (including phenoxy) is 1. The van der Waals surface area contributed by atoms with E-state index in [2.05, 4.69) is 20.4 Å². The first-order valence-electron chi connectivity index (χ1n) is 3.77. The number of aromatic nitrogens is 4. The molecule has 0 bridgehead atoms. The summed E-state index contributed by atoms with van der Waals surface area (Å²) in [6, 6.07) is 3.66. The van der Waals surface area contributed by atoms with E-state index in [0.29, 0.717) is 5.88 Å². The Kier molecular flexibility index (Phi) is 1.91. The number of aromatic amines is 1. The van der Waals surface area contributed by atoms with Crippen molar-refractivity contribution in [3.63, 3.8) is 0 Å². The lowest BCUT2D eigenvalue weighted by atomic mass is 10.2. The van der Waals surface area contributed by atoms with Gasteiger partial charge in [-0.2, -0.15) is 0 Å². The molecule has 2 aromatic heterocycles. The van der Waals surface area contributed by atoms with Gasteiger partial charge < -0.3 is 4.74 Å². The number of H-pyrrole nitrogens is 1. The highest BCUT2D eigenvalue weighted by Crippen LogP contribution is 2.15. The largest absolute Gasteiger partial charge is 0.481 e. The van der Waals surface area contributed by atoms with Gasteiger partial charge in [-0.05, 0) is 6.07 Å². The zero-order chi connectivity index (χ0) is 9.10. The van der Waals surface area contributed by atoms with E-state index in [1.165, 1.54) is 0 Å². The van der Waals surface area contributed by atoms with E-state index in [0.717, 1.165) is 11.3 Å². The van der Waals surface area contributed by atoms with E-state index >= 15 is 0 Å². The van der Waals surface area contributed by atoms with Gasteiger partial charge >= 0.3 is 0 Å². The molecule has 0 aromatic carbocycles. The highest BCUT2D eigenvalue weighted by Gasteiger charge is 2.00. The van der Waals surface area contributed by atoms with E-state index in [1.54, 1.807) is 25.6 Å². The third-order valence-corrected chi connectivity index (χ3v) is 1.66. The molecule has 1 N–H and O–H groups in total. The second-order valence-electron chi connectivity index (χ2n) is 2.45. The van der Waals surface area contributed by atoms with E-state index in [-0.39, 0.29) is 0 Å².